The molecule has 7 heteroatoms. The number of thiazole rings is 1. The number of thiophene rings is 1. The van der Waals surface area contributed by atoms with E-state index in [4.69, 9.17) is 23.2 Å². The highest BCUT2D eigenvalue weighted by molar-refractivity contribution is 7.20. The van der Waals surface area contributed by atoms with Gasteiger partial charge in [-0.1, -0.05) is 64.9 Å². The lowest BCUT2D eigenvalue weighted by molar-refractivity contribution is 0.0998. The number of fused-ring (bicyclic) bond motifs is 3. The maximum atomic E-state index is 12.4. The van der Waals surface area contributed by atoms with Gasteiger partial charge >= 0.3 is 0 Å². The van der Waals surface area contributed by atoms with Gasteiger partial charge in [-0.15, -0.1) is 11.3 Å². The van der Waals surface area contributed by atoms with Crippen LogP contribution in [0.2, 0.25) is 8.67 Å². The van der Waals surface area contributed by atoms with E-state index in [0.717, 1.165) is 21.0 Å². The fourth-order valence-electron chi connectivity index (χ4n) is 2.60. The molecule has 4 rings (SSSR count). The van der Waals surface area contributed by atoms with Crippen molar-refractivity contribution in [3.8, 4) is 0 Å². The maximum Gasteiger partial charge on any atom is 0.282 e. The first-order chi connectivity index (χ1) is 11.5. The van der Waals surface area contributed by atoms with Gasteiger partial charge in [0.1, 0.15) is 4.34 Å². The Kier molecular flexibility index (Phi) is 3.96. The SMILES string of the molecule is Cn1c(=NC(=O)c2cc(Cl)sc2Cl)sc2c3ccccc3ccc21. The van der Waals surface area contributed by atoms with Crippen LogP contribution < -0.4 is 4.80 Å². The van der Waals surface area contributed by atoms with E-state index in [1.54, 1.807) is 6.07 Å². The fraction of sp³-hybridized carbons (Fsp3) is 0.0588. The second kappa shape index (κ2) is 6.01. The molecule has 0 saturated heterocycles. The van der Waals surface area contributed by atoms with Crippen molar-refractivity contribution in [3.05, 3.63) is 61.5 Å². The van der Waals surface area contributed by atoms with Crippen molar-refractivity contribution in [2.45, 2.75) is 0 Å². The Morgan fingerprint density at radius 1 is 1.12 bits per heavy atom. The number of amides is 1. The Balaban J connectivity index is 1.93. The normalized spacial score (nSPS) is 12.4. The van der Waals surface area contributed by atoms with Crippen molar-refractivity contribution < 1.29 is 4.79 Å². The number of hydrogen-bond acceptors (Lipinski definition) is 3. The Morgan fingerprint density at radius 3 is 2.67 bits per heavy atom. The minimum Gasteiger partial charge on any atom is -0.319 e. The average molecular weight is 393 g/mol. The van der Waals surface area contributed by atoms with Gasteiger partial charge < -0.3 is 4.57 Å². The predicted molar refractivity (Wildman–Crippen MR) is 103 cm³/mol. The van der Waals surface area contributed by atoms with Crippen LogP contribution in [0, 0.1) is 0 Å². The molecule has 0 saturated carbocycles. The monoisotopic (exact) mass is 392 g/mol. The topological polar surface area (TPSA) is 34.4 Å². The molecule has 0 aliphatic carbocycles. The maximum absolute atomic E-state index is 12.4. The van der Waals surface area contributed by atoms with Crippen LogP contribution in [0.1, 0.15) is 10.4 Å². The highest BCUT2D eigenvalue weighted by Crippen LogP contribution is 2.32. The molecular formula is C17H10Cl2N2OS2. The van der Waals surface area contributed by atoms with E-state index < -0.39 is 0 Å². The van der Waals surface area contributed by atoms with E-state index in [-0.39, 0.29) is 5.91 Å². The van der Waals surface area contributed by atoms with E-state index >= 15 is 0 Å². The molecule has 0 spiro atoms. The summed E-state index contributed by atoms with van der Waals surface area (Å²) in [4.78, 5) is 17.3. The third kappa shape index (κ3) is 2.58. The number of carbonyl (C=O) groups is 1. The molecule has 0 aliphatic heterocycles. The number of aromatic nitrogens is 1. The van der Waals surface area contributed by atoms with Crippen LogP contribution in [0.3, 0.4) is 0 Å². The molecule has 0 N–H and O–H groups in total. The quantitative estimate of drug-likeness (QED) is 0.420. The molecule has 0 radical (unpaired) electrons. The van der Waals surface area contributed by atoms with Gasteiger partial charge in [0, 0.05) is 12.4 Å². The minimum atomic E-state index is -0.380. The number of aryl methyl sites for hydroxylation is 1. The van der Waals surface area contributed by atoms with Crippen LogP contribution in [-0.2, 0) is 7.05 Å². The third-order valence-corrected chi connectivity index (χ3v) is 6.45. The van der Waals surface area contributed by atoms with E-state index in [1.807, 2.05) is 29.8 Å². The van der Waals surface area contributed by atoms with E-state index in [1.165, 1.54) is 22.7 Å². The van der Waals surface area contributed by atoms with Crippen LogP contribution in [-0.4, -0.2) is 10.5 Å². The standard InChI is InChI=1S/C17H10Cl2N2OS2/c1-21-12-7-6-9-4-2-3-5-10(9)14(12)24-17(21)20-16(22)11-8-13(18)23-15(11)19/h2-8H,1H3. The summed E-state index contributed by atoms with van der Waals surface area (Å²) in [5.41, 5.74) is 1.38. The summed E-state index contributed by atoms with van der Waals surface area (Å²) in [7, 11) is 1.90. The van der Waals surface area contributed by atoms with E-state index in [2.05, 4.69) is 23.2 Å². The highest BCUT2D eigenvalue weighted by atomic mass is 35.5. The van der Waals surface area contributed by atoms with Gasteiger partial charge in [0.15, 0.2) is 4.80 Å². The molecule has 0 fully saturated rings. The lowest BCUT2D eigenvalue weighted by atomic mass is 10.1. The van der Waals surface area contributed by atoms with Gasteiger partial charge in [0.05, 0.1) is 20.1 Å². The molecule has 24 heavy (non-hydrogen) atoms. The molecule has 2 aromatic heterocycles. The summed E-state index contributed by atoms with van der Waals surface area (Å²) in [6.07, 6.45) is 0. The first kappa shape index (κ1) is 15.8. The Morgan fingerprint density at radius 2 is 1.92 bits per heavy atom. The Labute approximate surface area is 155 Å². The van der Waals surface area contributed by atoms with Crippen LogP contribution in [0.4, 0.5) is 0 Å². The smallest absolute Gasteiger partial charge is 0.282 e. The van der Waals surface area contributed by atoms with Crippen molar-refractivity contribution in [1.29, 1.82) is 0 Å². The molecule has 0 atom stereocenters. The van der Waals surface area contributed by atoms with Crippen molar-refractivity contribution in [2.24, 2.45) is 12.0 Å². The number of benzene rings is 2. The van der Waals surface area contributed by atoms with Crippen LogP contribution in [0.25, 0.3) is 21.0 Å². The second-order valence-electron chi connectivity index (χ2n) is 5.23. The van der Waals surface area contributed by atoms with Crippen molar-refractivity contribution >= 4 is 72.8 Å². The predicted octanol–water partition coefficient (Wildman–Crippen LogP) is 5.50. The summed E-state index contributed by atoms with van der Waals surface area (Å²) < 4.78 is 3.87. The van der Waals surface area contributed by atoms with Crippen molar-refractivity contribution in [1.82, 2.24) is 4.57 Å². The zero-order chi connectivity index (χ0) is 16.8. The van der Waals surface area contributed by atoms with Gasteiger partial charge in [-0.25, -0.2) is 0 Å². The molecule has 4 aromatic rings. The molecule has 1 amide bonds. The number of halogens is 2. The largest absolute Gasteiger partial charge is 0.319 e. The average Bonchev–Trinajstić information content (AvgIpc) is 3.07. The summed E-state index contributed by atoms with van der Waals surface area (Å²) in [6.45, 7) is 0. The number of rotatable bonds is 1. The van der Waals surface area contributed by atoms with Crippen LogP contribution >= 0.6 is 45.9 Å². The minimum absolute atomic E-state index is 0.342. The van der Waals surface area contributed by atoms with Crippen LogP contribution in [0.15, 0.2) is 47.5 Å². The van der Waals surface area contributed by atoms with Gasteiger partial charge in [0.2, 0.25) is 0 Å². The highest BCUT2D eigenvalue weighted by Gasteiger charge is 2.14. The number of hydrogen-bond donors (Lipinski definition) is 0. The van der Waals surface area contributed by atoms with Crippen molar-refractivity contribution in [3.63, 3.8) is 0 Å². The Bertz CT molecular complexity index is 1170. The van der Waals surface area contributed by atoms with E-state index in [9.17, 15) is 4.79 Å². The molecule has 3 nitrogen and oxygen atoms in total. The molecule has 2 aromatic carbocycles. The van der Waals surface area contributed by atoms with E-state index in [0.29, 0.717) is 19.0 Å². The number of carbonyl (C=O) groups excluding carboxylic acids is 1. The van der Waals surface area contributed by atoms with Gasteiger partial charge in [-0.05, 0) is 17.5 Å². The van der Waals surface area contributed by atoms with Gasteiger partial charge in [-0.3, -0.25) is 4.79 Å². The fourth-order valence-corrected chi connectivity index (χ4v) is 5.20. The van der Waals surface area contributed by atoms with Gasteiger partial charge in [-0.2, -0.15) is 4.99 Å². The first-order valence-electron chi connectivity index (χ1n) is 7.06. The lowest BCUT2D eigenvalue weighted by Gasteiger charge is -1.99. The summed E-state index contributed by atoms with van der Waals surface area (Å²) in [5.74, 6) is -0.380. The summed E-state index contributed by atoms with van der Waals surface area (Å²) >= 11 is 14.6. The molecule has 0 unspecified atom stereocenters. The number of nitrogens with zero attached hydrogens (tertiary/aromatic N) is 2. The summed E-state index contributed by atoms with van der Waals surface area (Å²) in [6, 6.07) is 13.9. The van der Waals surface area contributed by atoms with Crippen LogP contribution in [0.5, 0.6) is 0 Å². The zero-order valence-electron chi connectivity index (χ0n) is 12.4. The summed E-state index contributed by atoms with van der Waals surface area (Å²) in [5, 5.41) is 2.32. The first-order valence-corrected chi connectivity index (χ1v) is 9.44. The molecule has 0 aliphatic rings. The Hall–Kier alpha value is -1.66. The molecular weight excluding hydrogens is 383 g/mol. The molecule has 0 bridgehead atoms. The molecule has 120 valence electrons. The second-order valence-corrected chi connectivity index (χ2v) is 8.50. The van der Waals surface area contributed by atoms with Crippen molar-refractivity contribution in [2.75, 3.05) is 0 Å². The third-order valence-electron chi connectivity index (χ3n) is 3.78. The lowest BCUT2D eigenvalue weighted by Crippen LogP contribution is -2.13. The zero-order valence-corrected chi connectivity index (χ0v) is 15.6. The molecule has 2 heterocycles. The van der Waals surface area contributed by atoms with Gasteiger partial charge in [0.25, 0.3) is 5.91 Å².